The third kappa shape index (κ3) is 6.70. The molecule has 228 valence electrons. The van der Waals surface area contributed by atoms with Crippen molar-refractivity contribution in [2.24, 2.45) is 0 Å². The van der Waals surface area contributed by atoms with E-state index in [-0.39, 0.29) is 11.5 Å². The molecule has 4 N–H and O–H groups in total. The zero-order chi connectivity index (χ0) is 30.7. The van der Waals surface area contributed by atoms with Crippen molar-refractivity contribution < 1.29 is 31.5 Å². The van der Waals surface area contributed by atoms with Gasteiger partial charge in [0.1, 0.15) is 23.5 Å². The van der Waals surface area contributed by atoms with Gasteiger partial charge in [0.15, 0.2) is 5.82 Å². The number of urea groups is 1. The van der Waals surface area contributed by atoms with Crippen LogP contribution in [0, 0.1) is 11.6 Å². The van der Waals surface area contributed by atoms with Crippen molar-refractivity contribution in [1.29, 1.82) is 0 Å². The summed E-state index contributed by atoms with van der Waals surface area (Å²) in [6.45, 7) is 2.61. The molecule has 1 unspecified atom stereocenters. The number of ether oxygens (including phenoxy) is 1. The Morgan fingerprint density at radius 3 is 2.63 bits per heavy atom. The standard InChI is InChI=1S/C29H30F5N7O2/c1-43-15-20-5-3-11-40(20)10-2-4-19-14-21(26-27(35)36-16-37-41(19)26)17-6-9-24(23(31)12-17)38-28(42)39-25-13-18(29(32,33)34)7-8-22(25)30/h6-9,12-14,16,20H,2-5,10-11,15H2,1H3,(H2,35,36,37)(H2,38,39,42). The Bertz CT molecular complexity index is 1630. The molecule has 5 rings (SSSR count). The van der Waals surface area contributed by atoms with E-state index in [4.69, 9.17) is 10.5 Å². The van der Waals surface area contributed by atoms with E-state index in [0.29, 0.717) is 53.9 Å². The van der Waals surface area contributed by atoms with Crippen LogP contribution in [-0.4, -0.2) is 58.4 Å². The summed E-state index contributed by atoms with van der Waals surface area (Å²) in [7, 11) is 1.71. The summed E-state index contributed by atoms with van der Waals surface area (Å²) in [6, 6.07) is 6.79. The molecule has 3 heterocycles. The van der Waals surface area contributed by atoms with Crippen molar-refractivity contribution in [3.05, 3.63) is 71.7 Å². The summed E-state index contributed by atoms with van der Waals surface area (Å²) in [6.07, 6.45) is 0.397. The number of nitrogens with zero attached hydrogens (tertiary/aromatic N) is 4. The summed E-state index contributed by atoms with van der Waals surface area (Å²) in [5.74, 6) is -1.70. The van der Waals surface area contributed by atoms with Gasteiger partial charge in [-0.1, -0.05) is 6.07 Å². The third-order valence-corrected chi connectivity index (χ3v) is 7.46. The number of carbonyl (C=O) groups is 1. The first-order valence-corrected chi connectivity index (χ1v) is 13.6. The average Bonchev–Trinajstić information content (AvgIpc) is 3.56. The van der Waals surface area contributed by atoms with Crippen LogP contribution >= 0.6 is 0 Å². The van der Waals surface area contributed by atoms with Crippen LogP contribution in [0.15, 0.2) is 48.8 Å². The van der Waals surface area contributed by atoms with Crippen molar-refractivity contribution >= 4 is 28.7 Å². The van der Waals surface area contributed by atoms with E-state index in [0.717, 1.165) is 38.0 Å². The molecule has 43 heavy (non-hydrogen) atoms. The van der Waals surface area contributed by atoms with E-state index in [1.54, 1.807) is 17.7 Å². The van der Waals surface area contributed by atoms with E-state index >= 15 is 4.39 Å². The van der Waals surface area contributed by atoms with Crippen LogP contribution < -0.4 is 16.4 Å². The largest absolute Gasteiger partial charge is 0.416 e. The minimum Gasteiger partial charge on any atom is -0.383 e. The molecule has 0 bridgehead atoms. The fourth-order valence-electron chi connectivity index (χ4n) is 5.42. The molecule has 1 saturated heterocycles. The van der Waals surface area contributed by atoms with Crippen molar-refractivity contribution in [1.82, 2.24) is 19.5 Å². The molecule has 2 aromatic heterocycles. The Balaban J connectivity index is 1.32. The number of nitrogens with two attached hydrogens (primary N) is 1. The van der Waals surface area contributed by atoms with Gasteiger partial charge in [-0.05, 0) is 80.7 Å². The summed E-state index contributed by atoms with van der Waals surface area (Å²) < 4.78 is 75.2. The van der Waals surface area contributed by atoms with Gasteiger partial charge in [-0.3, -0.25) is 4.90 Å². The van der Waals surface area contributed by atoms with Crippen molar-refractivity contribution in [2.75, 3.05) is 43.2 Å². The number of benzene rings is 2. The fourth-order valence-corrected chi connectivity index (χ4v) is 5.42. The van der Waals surface area contributed by atoms with Gasteiger partial charge in [0.2, 0.25) is 0 Å². The van der Waals surface area contributed by atoms with Crippen molar-refractivity contribution in [3.8, 4) is 11.1 Å². The predicted octanol–water partition coefficient (Wildman–Crippen LogP) is 5.96. The number of nitrogens with one attached hydrogen (secondary N) is 2. The van der Waals surface area contributed by atoms with Crippen LogP contribution in [0.25, 0.3) is 16.6 Å². The van der Waals surface area contributed by atoms with E-state index in [1.165, 1.54) is 18.5 Å². The van der Waals surface area contributed by atoms with E-state index < -0.39 is 35.1 Å². The Morgan fingerprint density at radius 1 is 1.09 bits per heavy atom. The maximum Gasteiger partial charge on any atom is 0.416 e. The maximum atomic E-state index is 15.2. The topological polar surface area (TPSA) is 110 Å². The number of rotatable bonds is 9. The van der Waals surface area contributed by atoms with Crippen LogP contribution in [0.3, 0.4) is 0 Å². The molecule has 2 aromatic carbocycles. The molecule has 1 atom stereocenters. The molecule has 1 aliphatic heterocycles. The fraction of sp³-hybridized carbons (Fsp3) is 0.345. The normalized spacial score (nSPS) is 15.7. The summed E-state index contributed by atoms with van der Waals surface area (Å²) in [4.78, 5) is 18.9. The summed E-state index contributed by atoms with van der Waals surface area (Å²) >= 11 is 0. The number of methoxy groups -OCH3 is 1. The lowest BCUT2D eigenvalue weighted by Crippen LogP contribution is -2.33. The number of hydrogen-bond acceptors (Lipinski definition) is 6. The van der Waals surface area contributed by atoms with Crippen LogP contribution in [0.2, 0.25) is 0 Å². The lowest BCUT2D eigenvalue weighted by Gasteiger charge is -2.23. The summed E-state index contributed by atoms with van der Waals surface area (Å²) in [5, 5.41) is 8.56. The molecule has 1 aliphatic rings. The van der Waals surface area contributed by atoms with E-state index in [9.17, 15) is 22.4 Å². The number of aromatic nitrogens is 3. The number of likely N-dealkylation sites (tertiary alicyclic amines) is 1. The summed E-state index contributed by atoms with van der Waals surface area (Å²) in [5.41, 5.74) is 6.48. The number of aryl methyl sites for hydroxylation is 1. The number of anilines is 3. The third-order valence-electron chi connectivity index (χ3n) is 7.46. The highest BCUT2D eigenvalue weighted by molar-refractivity contribution is 6.00. The number of nitrogen functional groups attached to an aromatic ring is 1. The Labute approximate surface area is 243 Å². The monoisotopic (exact) mass is 603 g/mol. The Morgan fingerprint density at radius 2 is 1.88 bits per heavy atom. The minimum absolute atomic E-state index is 0.209. The Kier molecular flexibility index (Phi) is 8.78. The average molecular weight is 604 g/mol. The quantitative estimate of drug-likeness (QED) is 0.204. The number of alkyl halides is 3. The van der Waals surface area contributed by atoms with Crippen LogP contribution in [0.1, 0.15) is 30.5 Å². The maximum absolute atomic E-state index is 15.2. The number of fused-ring (bicyclic) bond motifs is 1. The molecule has 4 aromatic rings. The van der Waals surface area contributed by atoms with Crippen LogP contribution in [-0.2, 0) is 17.3 Å². The van der Waals surface area contributed by atoms with Gasteiger partial charge in [-0.25, -0.2) is 23.1 Å². The second kappa shape index (κ2) is 12.5. The van der Waals surface area contributed by atoms with Gasteiger partial charge in [-0.2, -0.15) is 18.3 Å². The highest BCUT2D eigenvalue weighted by atomic mass is 19.4. The van der Waals surface area contributed by atoms with Crippen LogP contribution in [0.5, 0.6) is 0 Å². The lowest BCUT2D eigenvalue weighted by molar-refractivity contribution is -0.137. The Hall–Kier alpha value is -4.30. The van der Waals surface area contributed by atoms with Crippen LogP contribution in [0.4, 0.5) is 43.9 Å². The minimum atomic E-state index is -4.74. The molecular formula is C29H30F5N7O2. The number of halogens is 5. The second-order valence-electron chi connectivity index (χ2n) is 10.3. The first kappa shape index (κ1) is 30.2. The van der Waals surface area contributed by atoms with Gasteiger partial charge >= 0.3 is 12.2 Å². The molecule has 0 radical (unpaired) electrons. The first-order chi connectivity index (χ1) is 20.5. The highest BCUT2D eigenvalue weighted by Crippen LogP contribution is 2.34. The molecule has 1 fully saturated rings. The molecule has 0 spiro atoms. The molecule has 9 nitrogen and oxygen atoms in total. The van der Waals surface area contributed by atoms with E-state index in [1.807, 2.05) is 11.4 Å². The predicted molar refractivity (Wildman–Crippen MR) is 152 cm³/mol. The van der Waals surface area contributed by atoms with Gasteiger partial charge in [-0.15, -0.1) is 0 Å². The number of amides is 2. The molecule has 0 saturated carbocycles. The smallest absolute Gasteiger partial charge is 0.383 e. The SMILES string of the molecule is COCC1CCCN1CCCc1cc(-c2ccc(NC(=O)Nc3cc(C(F)(F)F)ccc3F)c(F)c2)c2c(N)ncnn12. The van der Waals surface area contributed by atoms with E-state index in [2.05, 4.69) is 20.3 Å². The molecule has 0 aliphatic carbocycles. The van der Waals surface area contributed by atoms with Crippen molar-refractivity contribution in [3.63, 3.8) is 0 Å². The van der Waals surface area contributed by atoms with Gasteiger partial charge in [0.25, 0.3) is 0 Å². The number of carbonyl (C=O) groups excluding carboxylic acids is 1. The zero-order valence-corrected chi connectivity index (χ0v) is 23.2. The first-order valence-electron chi connectivity index (χ1n) is 13.6. The molecular weight excluding hydrogens is 573 g/mol. The lowest BCUT2D eigenvalue weighted by atomic mass is 10.1. The zero-order valence-electron chi connectivity index (χ0n) is 23.2. The second-order valence-corrected chi connectivity index (χ2v) is 10.3. The van der Waals surface area contributed by atoms with Gasteiger partial charge in [0.05, 0.1) is 23.5 Å². The van der Waals surface area contributed by atoms with Gasteiger partial charge < -0.3 is 21.1 Å². The van der Waals surface area contributed by atoms with Gasteiger partial charge in [0, 0.05) is 24.4 Å². The number of hydrogen-bond donors (Lipinski definition) is 3. The highest BCUT2D eigenvalue weighted by Gasteiger charge is 2.31. The van der Waals surface area contributed by atoms with Crippen molar-refractivity contribution in [2.45, 2.75) is 37.9 Å². The molecule has 2 amide bonds. The molecule has 14 heteroatoms.